The van der Waals surface area contributed by atoms with E-state index in [-0.39, 0.29) is 6.10 Å². The van der Waals surface area contributed by atoms with Gasteiger partial charge in [-0.1, -0.05) is 0 Å². The Bertz CT molecular complexity index is 568. The molecule has 2 rings (SSSR count). The third-order valence-electron chi connectivity index (χ3n) is 2.49. The Labute approximate surface area is 118 Å². The van der Waals surface area contributed by atoms with Crippen molar-refractivity contribution in [2.45, 2.75) is 20.0 Å². The number of hydrogen-bond donors (Lipinski definition) is 1. The number of pyridine rings is 1. The van der Waals surface area contributed by atoms with Gasteiger partial charge in [-0.05, 0) is 44.2 Å². The normalized spacial score (nSPS) is 10.4. The molecule has 0 spiro atoms. The lowest BCUT2D eigenvalue weighted by atomic mass is 10.3. The lowest BCUT2D eigenvalue weighted by Gasteiger charge is -2.12. The summed E-state index contributed by atoms with van der Waals surface area (Å²) in [6, 6.07) is 10.7. The maximum Gasteiger partial charge on any atom is 0.240 e. The third kappa shape index (κ3) is 3.54. The second-order valence-electron chi connectivity index (χ2n) is 4.49. The van der Waals surface area contributed by atoms with Crippen molar-refractivity contribution in [1.82, 2.24) is 4.98 Å². The van der Waals surface area contributed by atoms with E-state index in [1.165, 1.54) is 0 Å². The number of anilines is 1. The number of ether oxygens (including phenoxy) is 3. The SMILES string of the molecule is COc1ccc(Oc2ccc(N)c(OC(C)C)n2)cc1. The van der Waals surface area contributed by atoms with E-state index in [4.69, 9.17) is 19.9 Å². The number of methoxy groups -OCH3 is 1. The number of rotatable bonds is 5. The monoisotopic (exact) mass is 274 g/mol. The van der Waals surface area contributed by atoms with Crippen LogP contribution in [0.25, 0.3) is 0 Å². The Morgan fingerprint density at radius 3 is 2.25 bits per heavy atom. The van der Waals surface area contributed by atoms with Crippen LogP contribution in [0.1, 0.15) is 13.8 Å². The van der Waals surface area contributed by atoms with Crippen molar-refractivity contribution >= 4 is 5.69 Å². The molecule has 1 aromatic heterocycles. The topological polar surface area (TPSA) is 66.6 Å². The quantitative estimate of drug-likeness (QED) is 0.906. The Balaban J connectivity index is 2.16. The number of aromatic nitrogens is 1. The summed E-state index contributed by atoms with van der Waals surface area (Å²) in [4.78, 5) is 4.25. The van der Waals surface area contributed by atoms with Gasteiger partial charge in [0.1, 0.15) is 11.5 Å². The number of nitrogen functional groups attached to an aromatic ring is 1. The molecule has 0 aliphatic rings. The van der Waals surface area contributed by atoms with Gasteiger partial charge in [-0.3, -0.25) is 0 Å². The molecule has 0 radical (unpaired) electrons. The third-order valence-corrected chi connectivity index (χ3v) is 2.49. The van der Waals surface area contributed by atoms with Gasteiger partial charge >= 0.3 is 0 Å². The van der Waals surface area contributed by atoms with Gasteiger partial charge in [0.2, 0.25) is 11.8 Å². The summed E-state index contributed by atoms with van der Waals surface area (Å²) in [5.41, 5.74) is 6.30. The first kappa shape index (κ1) is 14.0. The van der Waals surface area contributed by atoms with Crippen LogP contribution in [0.15, 0.2) is 36.4 Å². The first-order chi connectivity index (χ1) is 9.58. The summed E-state index contributed by atoms with van der Waals surface area (Å²) in [6.45, 7) is 3.83. The van der Waals surface area contributed by atoms with Crippen LogP contribution in [0, 0.1) is 0 Å². The van der Waals surface area contributed by atoms with Gasteiger partial charge in [-0.2, -0.15) is 4.98 Å². The summed E-state index contributed by atoms with van der Waals surface area (Å²) in [5.74, 6) is 2.25. The lowest BCUT2D eigenvalue weighted by molar-refractivity contribution is 0.232. The van der Waals surface area contributed by atoms with Gasteiger partial charge in [0.25, 0.3) is 0 Å². The summed E-state index contributed by atoms with van der Waals surface area (Å²) in [5, 5.41) is 0. The smallest absolute Gasteiger partial charge is 0.240 e. The van der Waals surface area contributed by atoms with E-state index in [0.29, 0.717) is 23.2 Å². The van der Waals surface area contributed by atoms with Crippen LogP contribution in [0.5, 0.6) is 23.3 Å². The summed E-state index contributed by atoms with van der Waals surface area (Å²) in [7, 11) is 1.62. The van der Waals surface area contributed by atoms with Crippen LogP contribution in [0.4, 0.5) is 5.69 Å². The second kappa shape index (κ2) is 6.14. The molecule has 106 valence electrons. The molecule has 0 atom stereocenters. The molecule has 0 fully saturated rings. The Hall–Kier alpha value is -2.43. The van der Waals surface area contributed by atoms with E-state index in [0.717, 1.165) is 5.75 Å². The van der Waals surface area contributed by atoms with Crippen molar-refractivity contribution in [3.05, 3.63) is 36.4 Å². The molecule has 0 aliphatic carbocycles. The first-order valence-corrected chi connectivity index (χ1v) is 6.33. The van der Waals surface area contributed by atoms with Crippen LogP contribution >= 0.6 is 0 Å². The zero-order valence-electron chi connectivity index (χ0n) is 11.8. The molecular formula is C15H18N2O3. The summed E-state index contributed by atoms with van der Waals surface area (Å²) in [6.07, 6.45) is 0.000960. The molecule has 2 aromatic rings. The number of hydrogen-bond acceptors (Lipinski definition) is 5. The van der Waals surface area contributed by atoms with Crippen molar-refractivity contribution in [2.24, 2.45) is 0 Å². The minimum absolute atomic E-state index is 0.000960. The minimum Gasteiger partial charge on any atom is -0.497 e. The molecule has 0 saturated heterocycles. The number of nitrogens with zero attached hydrogens (tertiary/aromatic N) is 1. The Morgan fingerprint density at radius 2 is 1.65 bits per heavy atom. The number of nitrogens with two attached hydrogens (primary N) is 1. The fraction of sp³-hybridized carbons (Fsp3) is 0.267. The van der Waals surface area contributed by atoms with Gasteiger partial charge in [-0.15, -0.1) is 0 Å². The highest BCUT2D eigenvalue weighted by atomic mass is 16.5. The molecular weight excluding hydrogens is 256 g/mol. The average molecular weight is 274 g/mol. The van der Waals surface area contributed by atoms with Crippen LogP contribution in [0.2, 0.25) is 0 Å². The fourth-order valence-electron chi connectivity index (χ4n) is 1.57. The molecule has 2 N–H and O–H groups in total. The standard InChI is InChI=1S/C15H18N2O3/c1-10(2)19-15-13(16)8-9-14(17-15)20-12-6-4-11(18-3)5-7-12/h4-10H,16H2,1-3H3. The largest absolute Gasteiger partial charge is 0.497 e. The van der Waals surface area contributed by atoms with Crippen LogP contribution in [-0.2, 0) is 0 Å². The van der Waals surface area contributed by atoms with E-state index in [1.807, 2.05) is 26.0 Å². The van der Waals surface area contributed by atoms with Crippen molar-refractivity contribution in [2.75, 3.05) is 12.8 Å². The predicted molar refractivity (Wildman–Crippen MR) is 77.5 cm³/mol. The van der Waals surface area contributed by atoms with E-state index in [1.54, 1.807) is 31.4 Å². The first-order valence-electron chi connectivity index (χ1n) is 6.33. The number of benzene rings is 1. The zero-order valence-corrected chi connectivity index (χ0v) is 11.8. The van der Waals surface area contributed by atoms with Gasteiger partial charge in [0, 0.05) is 6.07 Å². The van der Waals surface area contributed by atoms with Gasteiger partial charge < -0.3 is 19.9 Å². The highest BCUT2D eigenvalue weighted by Crippen LogP contribution is 2.27. The predicted octanol–water partition coefficient (Wildman–Crippen LogP) is 3.25. The molecule has 5 nitrogen and oxygen atoms in total. The van der Waals surface area contributed by atoms with Crippen molar-refractivity contribution in [1.29, 1.82) is 0 Å². The Morgan fingerprint density at radius 1 is 1.00 bits per heavy atom. The van der Waals surface area contributed by atoms with Gasteiger partial charge in [-0.25, -0.2) is 0 Å². The maximum absolute atomic E-state index is 5.81. The lowest BCUT2D eigenvalue weighted by Crippen LogP contribution is -2.09. The van der Waals surface area contributed by atoms with Crippen molar-refractivity contribution in [3.8, 4) is 23.3 Å². The van der Waals surface area contributed by atoms with Gasteiger partial charge in [0.05, 0.1) is 18.9 Å². The molecule has 0 amide bonds. The summed E-state index contributed by atoms with van der Waals surface area (Å²) < 4.78 is 16.3. The molecule has 1 heterocycles. The second-order valence-corrected chi connectivity index (χ2v) is 4.49. The highest BCUT2D eigenvalue weighted by Gasteiger charge is 2.08. The average Bonchev–Trinajstić information content (AvgIpc) is 2.43. The Kier molecular flexibility index (Phi) is 4.30. The van der Waals surface area contributed by atoms with Crippen LogP contribution < -0.4 is 19.9 Å². The van der Waals surface area contributed by atoms with Crippen molar-refractivity contribution < 1.29 is 14.2 Å². The molecule has 0 bridgehead atoms. The maximum atomic E-state index is 5.81. The molecule has 0 aliphatic heterocycles. The molecule has 20 heavy (non-hydrogen) atoms. The minimum atomic E-state index is 0.000960. The van der Waals surface area contributed by atoms with E-state index in [9.17, 15) is 0 Å². The molecule has 0 unspecified atom stereocenters. The van der Waals surface area contributed by atoms with E-state index >= 15 is 0 Å². The zero-order chi connectivity index (χ0) is 14.5. The molecule has 5 heteroatoms. The van der Waals surface area contributed by atoms with Crippen LogP contribution in [0.3, 0.4) is 0 Å². The molecule has 1 aromatic carbocycles. The summed E-state index contributed by atoms with van der Waals surface area (Å²) >= 11 is 0. The molecule has 0 saturated carbocycles. The van der Waals surface area contributed by atoms with E-state index in [2.05, 4.69) is 4.98 Å². The fourth-order valence-corrected chi connectivity index (χ4v) is 1.57. The van der Waals surface area contributed by atoms with E-state index < -0.39 is 0 Å². The van der Waals surface area contributed by atoms with Crippen LogP contribution in [-0.4, -0.2) is 18.2 Å². The van der Waals surface area contributed by atoms with Gasteiger partial charge in [0.15, 0.2) is 0 Å². The highest BCUT2D eigenvalue weighted by molar-refractivity contribution is 5.49. The van der Waals surface area contributed by atoms with Crippen molar-refractivity contribution in [3.63, 3.8) is 0 Å².